The van der Waals surface area contributed by atoms with Crippen LogP contribution in [0.1, 0.15) is 28.5 Å². The van der Waals surface area contributed by atoms with Crippen molar-refractivity contribution < 1.29 is 4.42 Å². The summed E-state index contributed by atoms with van der Waals surface area (Å²) in [5.41, 5.74) is 3.65. The van der Waals surface area contributed by atoms with Crippen LogP contribution in [0.2, 0.25) is 0 Å². The van der Waals surface area contributed by atoms with E-state index in [1.165, 1.54) is 16.7 Å². The van der Waals surface area contributed by atoms with E-state index in [2.05, 4.69) is 42.2 Å². The van der Waals surface area contributed by atoms with Crippen LogP contribution >= 0.6 is 0 Å². The molecule has 16 heavy (non-hydrogen) atoms. The zero-order valence-corrected chi connectivity index (χ0v) is 9.69. The molecule has 3 nitrogen and oxygen atoms in total. The Morgan fingerprint density at radius 3 is 2.56 bits per heavy atom. The van der Waals surface area contributed by atoms with Gasteiger partial charge >= 0.3 is 0 Å². The summed E-state index contributed by atoms with van der Waals surface area (Å²) < 4.78 is 5.27. The summed E-state index contributed by atoms with van der Waals surface area (Å²) in [6, 6.07) is 6.34. The molecule has 0 amide bonds. The predicted molar refractivity (Wildman–Crippen MR) is 63.9 cm³/mol. The topological polar surface area (TPSA) is 38.9 Å². The maximum atomic E-state index is 5.27. The molecule has 0 aliphatic rings. The van der Waals surface area contributed by atoms with E-state index in [9.17, 15) is 0 Å². The van der Waals surface area contributed by atoms with Crippen LogP contribution in [0.4, 0.5) is 0 Å². The van der Waals surface area contributed by atoms with Gasteiger partial charge < -0.3 is 4.42 Å². The quantitative estimate of drug-likeness (QED) is 0.770. The fraction of sp³-hybridized carbons (Fsp3) is 0.231. The molecule has 0 saturated heterocycles. The first-order chi connectivity index (χ1) is 7.65. The van der Waals surface area contributed by atoms with Crippen molar-refractivity contribution >= 4 is 12.2 Å². The fourth-order valence-corrected chi connectivity index (χ4v) is 1.48. The molecule has 0 fully saturated rings. The number of aromatic nitrogens is 2. The Hall–Kier alpha value is -1.90. The number of hydrogen-bond donors (Lipinski definition) is 0. The van der Waals surface area contributed by atoms with Gasteiger partial charge in [0.1, 0.15) is 0 Å². The van der Waals surface area contributed by atoms with Crippen LogP contribution in [0.5, 0.6) is 0 Å². The van der Waals surface area contributed by atoms with Gasteiger partial charge in [0.25, 0.3) is 0 Å². The van der Waals surface area contributed by atoms with Gasteiger partial charge in [0.15, 0.2) is 0 Å². The zero-order valence-electron chi connectivity index (χ0n) is 9.69. The van der Waals surface area contributed by atoms with Gasteiger partial charge in [-0.1, -0.05) is 23.8 Å². The van der Waals surface area contributed by atoms with Crippen molar-refractivity contribution in [2.45, 2.75) is 20.8 Å². The maximum Gasteiger partial charge on any atom is 0.240 e. The summed E-state index contributed by atoms with van der Waals surface area (Å²) in [5.74, 6) is 1.12. The van der Waals surface area contributed by atoms with E-state index in [0.29, 0.717) is 11.8 Å². The van der Waals surface area contributed by atoms with Gasteiger partial charge in [-0.2, -0.15) is 0 Å². The summed E-state index contributed by atoms with van der Waals surface area (Å²) in [6.07, 6.45) is 3.83. The first-order valence-electron chi connectivity index (χ1n) is 5.20. The molecule has 82 valence electrons. The van der Waals surface area contributed by atoms with Crippen LogP contribution in [0, 0.1) is 20.8 Å². The molecular formula is C13H14N2O. The lowest BCUT2D eigenvalue weighted by atomic mass is 10.1. The third-order valence-electron chi connectivity index (χ3n) is 2.38. The Bertz CT molecular complexity index is 526. The SMILES string of the molecule is Cc1ccc(C)c(/C=C/c2nnc(C)o2)c1. The van der Waals surface area contributed by atoms with E-state index in [1.807, 2.05) is 12.2 Å². The fourth-order valence-electron chi connectivity index (χ4n) is 1.48. The van der Waals surface area contributed by atoms with E-state index >= 15 is 0 Å². The minimum atomic E-state index is 0.540. The Kier molecular flexibility index (Phi) is 2.86. The molecule has 0 atom stereocenters. The van der Waals surface area contributed by atoms with Crippen molar-refractivity contribution in [1.29, 1.82) is 0 Å². The number of hydrogen-bond acceptors (Lipinski definition) is 3. The van der Waals surface area contributed by atoms with E-state index in [1.54, 1.807) is 6.92 Å². The molecule has 0 unspecified atom stereocenters. The molecule has 0 spiro atoms. The van der Waals surface area contributed by atoms with Crippen molar-refractivity contribution in [3.8, 4) is 0 Å². The van der Waals surface area contributed by atoms with Crippen LogP contribution in [-0.2, 0) is 0 Å². The molecule has 1 aromatic carbocycles. The molecule has 0 bridgehead atoms. The lowest BCUT2D eigenvalue weighted by molar-refractivity contribution is 0.510. The Balaban J connectivity index is 2.26. The minimum absolute atomic E-state index is 0.540. The first-order valence-corrected chi connectivity index (χ1v) is 5.20. The van der Waals surface area contributed by atoms with Gasteiger partial charge in [0.2, 0.25) is 11.8 Å². The maximum absolute atomic E-state index is 5.27. The molecule has 0 radical (unpaired) electrons. The summed E-state index contributed by atoms with van der Waals surface area (Å²) >= 11 is 0. The van der Waals surface area contributed by atoms with Gasteiger partial charge in [0.05, 0.1) is 0 Å². The lowest BCUT2D eigenvalue weighted by Crippen LogP contribution is -1.82. The standard InChI is InChI=1S/C13H14N2O/c1-9-4-5-10(2)12(8-9)6-7-13-15-14-11(3)16-13/h4-8H,1-3H3/b7-6+. The normalized spacial score (nSPS) is 11.2. The second-order valence-electron chi connectivity index (χ2n) is 3.85. The van der Waals surface area contributed by atoms with Crippen molar-refractivity contribution in [1.82, 2.24) is 10.2 Å². The number of nitrogens with zero attached hydrogens (tertiary/aromatic N) is 2. The van der Waals surface area contributed by atoms with E-state index in [-0.39, 0.29) is 0 Å². The molecule has 0 aliphatic heterocycles. The van der Waals surface area contributed by atoms with Crippen LogP contribution < -0.4 is 0 Å². The van der Waals surface area contributed by atoms with Crippen LogP contribution in [0.25, 0.3) is 12.2 Å². The minimum Gasteiger partial charge on any atom is -0.422 e. The van der Waals surface area contributed by atoms with E-state index < -0.39 is 0 Å². The second kappa shape index (κ2) is 4.31. The molecule has 1 aromatic heterocycles. The smallest absolute Gasteiger partial charge is 0.240 e. The molecule has 0 N–H and O–H groups in total. The van der Waals surface area contributed by atoms with Gasteiger partial charge in [0, 0.05) is 13.0 Å². The number of aryl methyl sites for hydroxylation is 3. The summed E-state index contributed by atoms with van der Waals surface area (Å²) in [5, 5.41) is 7.68. The Morgan fingerprint density at radius 2 is 1.88 bits per heavy atom. The summed E-state index contributed by atoms with van der Waals surface area (Å²) in [7, 11) is 0. The van der Waals surface area contributed by atoms with Crippen molar-refractivity contribution in [2.24, 2.45) is 0 Å². The number of benzene rings is 1. The molecule has 0 aliphatic carbocycles. The van der Waals surface area contributed by atoms with E-state index in [4.69, 9.17) is 4.42 Å². The molecule has 3 heteroatoms. The van der Waals surface area contributed by atoms with Crippen molar-refractivity contribution in [3.63, 3.8) is 0 Å². The molecule has 2 aromatic rings. The Labute approximate surface area is 94.8 Å². The molecule has 0 saturated carbocycles. The molecular weight excluding hydrogens is 200 g/mol. The van der Waals surface area contributed by atoms with Crippen LogP contribution in [0.3, 0.4) is 0 Å². The average molecular weight is 214 g/mol. The van der Waals surface area contributed by atoms with Crippen LogP contribution in [0.15, 0.2) is 22.6 Å². The van der Waals surface area contributed by atoms with Crippen molar-refractivity contribution in [2.75, 3.05) is 0 Å². The highest BCUT2D eigenvalue weighted by Crippen LogP contribution is 2.14. The van der Waals surface area contributed by atoms with Crippen LogP contribution in [-0.4, -0.2) is 10.2 Å². The second-order valence-corrected chi connectivity index (χ2v) is 3.85. The molecule has 2 rings (SSSR count). The monoisotopic (exact) mass is 214 g/mol. The van der Waals surface area contributed by atoms with Crippen molar-refractivity contribution in [3.05, 3.63) is 46.7 Å². The first kappa shape index (κ1) is 10.6. The third kappa shape index (κ3) is 2.37. The van der Waals surface area contributed by atoms with Gasteiger partial charge in [-0.05, 0) is 31.1 Å². The number of rotatable bonds is 2. The summed E-state index contributed by atoms with van der Waals surface area (Å²) in [6.45, 7) is 5.94. The third-order valence-corrected chi connectivity index (χ3v) is 2.38. The molecule has 1 heterocycles. The summed E-state index contributed by atoms with van der Waals surface area (Å²) in [4.78, 5) is 0. The predicted octanol–water partition coefficient (Wildman–Crippen LogP) is 3.17. The highest BCUT2D eigenvalue weighted by molar-refractivity contribution is 5.68. The van der Waals surface area contributed by atoms with Gasteiger partial charge in [-0.3, -0.25) is 0 Å². The van der Waals surface area contributed by atoms with E-state index in [0.717, 1.165) is 0 Å². The zero-order chi connectivity index (χ0) is 11.5. The average Bonchev–Trinajstić information content (AvgIpc) is 2.66. The van der Waals surface area contributed by atoms with Gasteiger partial charge in [-0.25, -0.2) is 0 Å². The highest BCUT2D eigenvalue weighted by Gasteiger charge is 1.98. The van der Waals surface area contributed by atoms with Gasteiger partial charge in [-0.15, -0.1) is 10.2 Å². The lowest BCUT2D eigenvalue weighted by Gasteiger charge is -2.00. The highest BCUT2D eigenvalue weighted by atomic mass is 16.4. The Morgan fingerprint density at radius 1 is 1.06 bits per heavy atom. The largest absolute Gasteiger partial charge is 0.422 e.